The van der Waals surface area contributed by atoms with Crippen LogP contribution >= 0.6 is 23.2 Å². The van der Waals surface area contributed by atoms with Crippen LogP contribution in [0.1, 0.15) is 10.4 Å². The van der Waals surface area contributed by atoms with E-state index in [1.54, 1.807) is 36.4 Å². The number of nitrogens with zero attached hydrogens (tertiary/aromatic N) is 1. The molecule has 1 aromatic heterocycles. The van der Waals surface area contributed by atoms with Crippen LogP contribution in [0.3, 0.4) is 0 Å². The molecule has 4 nitrogen and oxygen atoms in total. The van der Waals surface area contributed by atoms with E-state index in [-0.39, 0.29) is 5.91 Å². The Hall–Kier alpha value is -2.04. The quantitative estimate of drug-likeness (QED) is 0.764. The first-order chi connectivity index (χ1) is 9.63. The van der Waals surface area contributed by atoms with Gasteiger partial charge in [-0.2, -0.15) is 0 Å². The van der Waals surface area contributed by atoms with Gasteiger partial charge in [0, 0.05) is 10.6 Å². The van der Waals surface area contributed by atoms with E-state index in [1.807, 2.05) is 0 Å². The molecule has 0 fully saturated rings. The van der Waals surface area contributed by atoms with Crippen LogP contribution in [0.2, 0.25) is 10.0 Å². The van der Waals surface area contributed by atoms with Crippen LogP contribution in [0, 0.1) is 0 Å². The van der Waals surface area contributed by atoms with Crippen LogP contribution in [-0.4, -0.2) is 10.9 Å². The lowest BCUT2D eigenvalue weighted by molar-refractivity contribution is 0.102. The number of hydrogen-bond donors (Lipinski definition) is 1. The molecule has 1 amide bonds. The second-order valence-corrected chi connectivity index (χ2v) is 4.96. The largest absolute Gasteiger partial charge is 0.443 e. The van der Waals surface area contributed by atoms with Gasteiger partial charge >= 0.3 is 0 Å². The van der Waals surface area contributed by atoms with Crippen molar-refractivity contribution in [1.29, 1.82) is 0 Å². The molecule has 0 aliphatic carbocycles. The monoisotopic (exact) mass is 306 g/mol. The Labute approximate surface area is 124 Å². The third-order valence-corrected chi connectivity index (χ3v) is 3.32. The standard InChI is InChI=1S/C14H8Cl2N2O2/c15-9-2-4-11(10(16)6-9)18-14(19)8-1-3-12-13(5-8)20-7-17-12/h1-7H,(H,18,19). The van der Waals surface area contributed by atoms with Gasteiger partial charge in [-0.1, -0.05) is 23.2 Å². The predicted octanol–water partition coefficient (Wildman–Crippen LogP) is 4.39. The molecule has 3 rings (SSSR count). The maximum atomic E-state index is 12.2. The topological polar surface area (TPSA) is 55.1 Å². The van der Waals surface area contributed by atoms with Crippen molar-refractivity contribution in [2.45, 2.75) is 0 Å². The van der Waals surface area contributed by atoms with Crippen molar-refractivity contribution in [2.75, 3.05) is 5.32 Å². The molecule has 0 aliphatic heterocycles. The smallest absolute Gasteiger partial charge is 0.255 e. The predicted molar refractivity (Wildman–Crippen MR) is 78.4 cm³/mol. The summed E-state index contributed by atoms with van der Waals surface area (Å²) in [6.07, 6.45) is 1.34. The SMILES string of the molecule is O=C(Nc1ccc(Cl)cc1Cl)c1ccc2ncoc2c1. The van der Waals surface area contributed by atoms with Crippen molar-refractivity contribution in [3.63, 3.8) is 0 Å². The molecule has 2 aromatic carbocycles. The van der Waals surface area contributed by atoms with Crippen molar-refractivity contribution < 1.29 is 9.21 Å². The first kappa shape index (κ1) is 13.0. The number of oxazole rings is 1. The maximum Gasteiger partial charge on any atom is 0.255 e. The van der Waals surface area contributed by atoms with E-state index in [0.29, 0.717) is 32.4 Å². The number of aromatic nitrogens is 1. The van der Waals surface area contributed by atoms with E-state index in [0.717, 1.165) is 0 Å². The average molecular weight is 307 g/mol. The zero-order valence-corrected chi connectivity index (χ0v) is 11.6. The highest BCUT2D eigenvalue weighted by Crippen LogP contribution is 2.26. The van der Waals surface area contributed by atoms with Crippen LogP contribution in [0.5, 0.6) is 0 Å². The number of carbonyl (C=O) groups excluding carboxylic acids is 1. The van der Waals surface area contributed by atoms with E-state index in [2.05, 4.69) is 10.3 Å². The highest BCUT2D eigenvalue weighted by Gasteiger charge is 2.10. The van der Waals surface area contributed by atoms with E-state index in [1.165, 1.54) is 6.39 Å². The molecule has 0 spiro atoms. The fourth-order valence-electron chi connectivity index (χ4n) is 1.78. The number of carbonyl (C=O) groups is 1. The highest BCUT2D eigenvalue weighted by atomic mass is 35.5. The van der Waals surface area contributed by atoms with Gasteiger partial charge in [-0.25, -0.2) is 4.98 Å². The third-order valence-electron chi connectivity index (χ3n) is 2.77. The third kappa shape index (κ3) is 2.48. The Morgan fingerprint density at radius 1 is 1.15 bits per heavy atom. The van der Waals surface area contributed by atoms with Crippen molar-refractivity contribution in [2.24, 2.45) is 0 Å². The maximum absolute atomic E-state index is 12.2. The van der Waals surface area contributed by atoms with Crippen LogP contribution in [0.15, 0.2) is 47.2 Å². The number of nitrogens with one attached hydrogen (secondary N) is 1. The Kier molecular flexibility index (Phi) is 3.34. The highest BCUT2D eigenvalue weighted by molar-refractivity contribution is 6.36. The minimum Gasteiger partial charge on any atom is -0.443 e. The minimum absolute atomic E-state index is 0.285. The molecule has 0 unspecified atom stereocenters. The van der Waals surface area contributed by atoms with E-state index in [4.69, 9.17) is 27.6 Å². The molecule has 0 saturated heterocycles. The van der Waals surface area contributed by atoms with Gasteiger partial charge in [-0.05, 0) is 36.4 Å². The van der Waals surface area contributed by atoms with Crippen molar-refractivity contribution in [3.05, 3.63) is 58.4 Å². The van der Waals surface area contributed by atoms with Crippen molar-refractivity contribution in [3.8, 4) is 0 Å². The van der Waals surface area contributed by atoms with E-state index < -0.39 is 0 Å². The zero-order valence-electron chi connectivity index (χ0n) is 10.1. The zero-order chi connectivity index (χ0) is 14.1. The van der Waals surface area contributed by atoms with Gasteiger partial charge in [0.15, 0.2) is 12.0 Å². The molecule has 20 heavy (non-hydrogen) atoms. The van der Waals surface area contributed by atoms with Crippen LogP contribution in [-0.2, 0) is 0 Å². The normalized spacial score (nSPS) is 10.7. The average Bonchev–Trinajstić information content (AvgIpc) is 2.89. The number of anilines is 1. The van der Waals surface area contributed by atoms with Gasteiger partial charge in [0.1, 0.15) is 5.52 Å². The molecule has 6 heteroatoms. The van der Waals surface area contributed by atoms with Gasteiger partial charge < -0.3 is 9.73 Å². The Morgan fingerprint density at radius 3 is 2.80 bits per heavy atom. The van der Waals surface area contributed by atoms with Crippen LogP contribution < -0.4 is 5.32 Å². The summed E-state index contributed by atoms with van der Waals surface area (Å²) < 4.78 is 5.16. The number of rotatable bonds is 2. The number of fused-ring (bicyclic) bond motifs is 1. The molecular formula is C14H8Cl2N2O2. The second-order valence-electron chi connectivity index (χ2n) is 4.11. The molecule has 3 aromatic rings. The van der Waals surface area contributed by atoms with Crippen molar-refractivity contribution >= 4 is 45.9 Å². The van der Waals surface area contributed by atoms with E-state index >= 15 is 0 Å². The van der Waals surface area contributed by atoms with Gasteiger partial charge in [0.2, 0.25) is 0 Å². The van der Waals surface area contributed by atoms with Gasteiger partial charge in [-0.3, -0.25) is 4.79 Å². The Morgan fingerprint density at radius 2 is 2.00 bits per heavy atom. The molecule has 1 heterocycles. The number of amides is 1. The second kappa shape index (κ2) is 5.15. The van der Waals surface area contributed by atoms with Gasteiger partial charge in [-0.15, -0.1) is 0 Å². The summed E-state index contributed by atoms with van der Waals surface area (Å²) in [6.45, 7) is 0. The van der Waals surface area contributed by atoms with E-state index in [9.17, 15) is 4.79 Å². The summed E-state index contributed by atoms with van der Waals surface area (Å²) >= 11 is 11.8. The number of hydrogen-bond acceptors (Lipinski definition) is 3. The van der Waals surface area contributed by atoms with Crippen molar-refractivity contribution in [1.82, 2.24) is 4.98 Å². The molecule has 0 radical (unpaired) electrons. The first-order valence-corrected chi connectivity index (χ1v) is 6.49. The summed E-state index contributed by atoms with van der Waals surface area (Å²) in [7, 11) is 0. The molecule has 0 aliphatic rings. The molecule has 1 N–H and O–H groups in total. The summed E-state index contributed by atoms with van der Waals surface area (Å²) in [5, 5.41) is 3.61. The molecule has 0 bridgehead atoms. The lowest BCUT2D eigenvalue weighted by Gasteiger charge is -2.07. The fraction of sp³-hybridized carbons (Fsp3) is 0. The summed E-state index contributed by atoms with van der Waals surface area (Å²) in [4.78, 5) is 16.1. The van der Waals surface area contributed by atoms with Gasteiger partial charge in [0.05, 0.1) is 10.7 Å². The van der Waals surface area contributed by atoms with Gasteiger partial charge in [0.25, 0.3) is 5.91 Å². The molecule has 0 atom stereocenters. The lowest BCUT2D eigenvalue weighted by Crippen LogP contribution is -2.12. The van der Waals surface area contributed by atoms with Crippen LogP contribution in [0.4, 0.5) is 5.69 Å². The summed E-state index contributed by atoms with van der Waals surface area (Å²) in [6, 6.07) is 9.89. The molecule has 0 saturated carbocycles. The minimum atomic E-state index is -0.285. The Balaban J connectivity index is 1.88. The van der Waals surface area contributed by atoms with Crippen LogP contribution in [0.25, 0.3) is 11.1 Å². The summed E-state index contributed by atoms with van der Waals surface area (Å²) in [5.74, 6) is -0.285. The number of benzene rings is 2. The Bertz CT molecular complexity index is 799. The lowest BCUT2D eigenvalue weighted by atomic mass is 10.2. The number of halogens is 2. The molecular weight excluding hydrogens is 299 g/mol. The fourth-order valence-corrected chi connectivity index (χ4v) is 2.24. The summed E-state index contributed by atoms with van der Waals surface area (Å²) in [5.41, 5.74) is 2.21. The first-order valence-electron chi connectivity index (χ1n) is 5.73. The molecule has 100 valence electrons.